The van der Waals surface area contributed by atoms with Crippen LogP contribution in [0, 0.1) is 5.82 Å². The highest BCUT2D eigenvalue weighted by Gasteiger charge is 2.30. The molecule has 1 unspecified atom stereocenters. The first-order chi connectivity index (χ1) is 9.61. The number of benzene rings is 2. The van der Waals surface area contributed by atoms with Gasteiger partial charge in [0.05, 0.1) is 0 Å². The molecule has 2 N–H and O–H groups in total. The van der Waals surface area contributed by atoms with E-state index in [9.17, 15) is 4.39 Å². The molecule has 2 aromatic rings. The van der Waals surface area contributed by atoms with Gasteiger partial charge in [0.2, 0.25) is 0 Å². The summed E-state index contributed by atoms with van der Waals surface area (Å²) >= 11 is 3.41. The van der Waals surface area contributed by atoms with E-state index in [1.54, 1.807) is 6.07 Å². The van der Waals surface area contributed by atoms with Crippen molar-refractivity contribution >= 4 is 15.9 Å². The fourth-order valence-electron chi connectivity index (χ4n) is 2.60. The maximum Gasteiger partial charge on any atom is 0.126 e. The van der Waals surface area contributed by atoms with Crippen molar-refractivity contribution in [3.05, 3.63) is 69.9 Å². The molecule has 0 aliphatic heterocycles. The van der Waals surface area contributed by atoms with E-state index in [0.29, 0.717) is 18.5 Å². The molecule has 0 radical (unpaired) electrons. The normalized spacial score (nSPS) is 14.0. The molecule has 0 aliphatic carbocycles. The van der Waals surface area contributed by atoms with Crippen LogP contribution in [0.1, 0.15) is 24.5 Å². The Morgan fingerprint density at radius 2 is 1.85 bits per heavy atom. The highest BCUT2D eigenvalue weighted by molar-refractivity contribution is 9.10. The number of hydrogen-bond donors (Lipinski definition) is 1. The molecule has 0 spiro atoms. The zero-order chi connectivity index (χ0) is 14.6. The van der Waals surface area contributed by atoms with Crippen molar-refractivity contribution in [3.8, 4) is 0 Å². The first-order valence-electron chi connectivity index (χ1n) is 6.81. The van der Waals surface area contributed by atoms with Crippen molar-refractivity contribution in [3.63, 3.8) is 0 Å². The summed E-state index contributed by atoms with van der Waals surface area (Å²) in [6.45, 7) is 2.61. The molecular weight excluding hydrogens is 317 g/mol. The lowest BCUT2D eigenvalue weighted by molar-refractivity contribution is 0.410. The molecule has 1 nitrogen and oxygen atoms in total. The largest absolute Gasteiger partial charge is 0.330 e. The average Bonchev–Trinajstić information content (AvgIpc) is 2.49. The standard InChI is InChI=1S/C17H19BrFN/c1-2-17(12-20,14-6-4-3-5-7-14)11-13-10-15(18)8-9-16(13)19/h3-10H,2,11-12,20H2,1H3. The van der Waals surface area contributed by atoms with E-state index in [1.807, 2.05) is 24.3 Å². The molecule has 2 aromatic carbocycles. The lowest BCUT2D eigenvalue weighted by Crippen LogP contribution is -2.37. The van der Waals surface area contributed by atoms with Crippen molar-refractivity contribution in [1.29, 1.82) is 0 Å². The molecule has 20 heavy (non-hydrogen) atoms. The minimum Gasteiger partial charge on any atom is -0.330 e. The SMILES string of the molecule is CCC(CN)(Cc1cc(Br)ccc1F)c1ccccc1. The summed E-state index contributed by atoms with van der Waals surface area (Å²) in [4.78, 5) is 0. The lowest BCUT2D eigenvalue weighted by atomic mass is 9.73. The average molecular weight is 336 g/mol. The highest BCUT2D eigenvalue weighted by Crippen LogP contribution is 2.32. The maximum atomic E-state index is 14.0. The third kappa shape index (κ3) is 3.10. The minimum absolute atomic E-state index is 0.171. The summed E-state index contributed by atoms with van der Waals surface area (Å²) in [7, 11) is 0. The summed E-state index contributed by atoms with van der Waals surface area (Å²) in [5.74, 6) is -0.171. The van der Waals surface area contributed by atoms with Crippen molar-refractivity contribution < 1.29 is 4.39 Å². The van der Waals surface area contributed by atoms with Gasteiger partial charge in [-0.2, -0.15) is 0 Å². The molecule has 3 heteroatoms. The van der Waals surface area contributed by atoms with Crippen molar-refractivity contribution in [2.24, 2.45) is 5.73 Å². The van der Waals surface area contributed by atoms with Crippen LogP contribution in [0.4, 0.5) is 4.39 Å². The summed E-state index contributed by atoms with van der Waals surface area (Å²) in [5.41, 5.74) is 7.71. The molecule has 0 fully saturated rings. The molecule has 2 rings (SSSR count). The highest BCUT2D eigenvalue weighted by atomic mass is 79.9. The Kier molecular flexibility index (Phi) is 4.95. The van der Waals surface area contributed by atoms with Gasteiger partial charge in [0.25, 0.3) is 0 Å². The number of nitrogens with two attached hydrogens (primary N) is 1. The van der Waals surface area contributed by atoms with Crippen LogP contribution in [-0.4, -0.2) is 6.54 Å². The summed E-state index contributed by atoms with van der Waals surface area (Å²) < 4.78 is 14.9. The monoisotopic (exact) mass is 335 g/mol. The summed E-state index contributed by atoms with van der Waals surface area (Å²) in [6.07, 6.45) is 1.48. The Hall–Kier alpha value is -1.19. The second-order valence-corrected chi connectivity index (χ2v) is 6.03. The van der Waals surface area contributed by atoms with Crippen LogP contribution in [0.3, 0.4) is 0 Å². The third-order valence-corrected chi connectivity index (χ3v) is 4.48. The summed E-state index contributed by atoms with van der Waals surface area (Å²) in [6, 6.07) is 15.2. The molecule has 106 valence electrons. The Labute approximate surface area is 128 Å². The van der Waals surface area contributed by atoms with Gasteiger partial charge >= 0.3 is 0 Å². The lowest BCUT2D eigenvalue weighted by Gasteiger charge is -2.32. The second-order valence-electron chi connectivity index (χ2n) is 5.12. The molecule has 0 saturated heterocycles. The van der Waals surface area contributed by atoms with Crippen LogP contribution in [0.25, 0.3) is 0 Å². The molecule has 0 heterocycles. The Morgan fingerprint density at radius 3 is 2.45 bits per heavy atom. The van der Waals surface area contributed by atoms with E-state index < -0.39 is 0 Å². The van der Waals surface area contributed by atoms with Gasteiger partial charge in [-0.15, -0.1) is 0 Å². The van der Waals surface area contributed by atoms with Gasteiger partial charge in [0.15, 0.2) is 0 Å². The second kappa shape index (κ2) is 6.51. The van der Waals surface area contributed by atoms with Crippen LogP contribution in [-0.2, 0) is 11.8 Å². The molecule has 0 bridgehead atoms. The molecule has 0 aromatic heterocycles. The van der Waals surface area contributed by atoms with Gasteiger partial charge in [-0.05, 0) is 42.2 Å². The van der Waals surface area contributed by atoms with Crippen LogP contribution in [0.15, 0.2) is 53.0 Å². The third-order valence-electron chi connectivity index (χ3n) is 3.99. The van der Waals surface area contributed by atoms with Crippen LogP contribution in [0.2, 0.25) is 0 Å². The zero-order valence-corrected chi connectivity index (χ0v) is 13.2. The van der Waals surface area contributed by atoms with E-state index in [2.05, 4.69) is 35.0 Å². The van der Waals surface area contributed by atoms with Crippen LogP contribution < -0.4 is 5.73 Å². The fraction of sp³-hybridized carbons (Fsp3) is 0.294. The molecule has 0 aliphatic rings. The van der Waals surface area contributed by atoms with Gasteiger partial charge in [-0.1, -0.05) is 53.2 Å². The predicted molar refractivity (Wildman–Crippen MR) is 85.3 cm³/mol. The van der Waals surface area contributed by atoms with Crippen molar-refractivity contribution in [2.75, 3.05) is 6.54 Å². The van der Waals surface area contributed by atoms with Gasteiger partial charge in [0, 0.05) is 16.4 Å². The first-order valence-corrected chi connectivity index (χ1v) is 7.60. The Morgan fingerprint density at radius 1 is 1.15 bits per heavy atom. The van der Waals surface area contributed by atoms with Crippen LogP contribution >= 0.6 is 15.9 Å². The van der Waals surface area contributed by atoms with E-state index in [-0.39, 0.29) is 11.2 Å². The van der Waals surface area contributed by atoms with Gasteiger partial charge < -0.3 is 5.73 Å². The van der Waals surface area contributed by atoms with Crippen molar-refractivity contribution in [2.45, 2.75) is 25.2 Å². The molecule has 0 amide bonds. The van der Waals surface area contributed by atoms with E-state index >= 15 is 0 Å². The van der Waals surface area contributed by atoms with Crippen LogP contribution in [0.5, 0.6) is 0 Å². The number of halogens is 2. The van der Waals surface area contributed by atoms with E-state index in [4.69, 9.17) is 5.73 Å². The first kappa shape index (κ1) is 15.2. The van der Waals surface area contributed by atoms with Gasteiger partial charge in [0.1, 0.15) is 5.82 Å². The quantitative estimate of drug-likeness (QED) is 0.858. The molecule has 0 saturated carbocycles. The van der Waals surface area contributed by atoms with Gasteiger partial charge in [-0.25, -0.2) is 4.39 Å². The van der Waals surface area contributed by atoms with E-state index in [0.717, 1.165) is 10.9 Å². The summed E-state index contributed by atoms with van der Waals surface area (Å²) in [5, 5.41) is 0. The van der Waals surface area contributed by atoms with Gasteiger partial charge in [-0.3, -0.25) is 0 Å². The Balaban J connectivity index is 2.42. The van der Waals surface area contributed by atoms with E-state index in [1.165, 1.54) is 11.6 Å². The van der Waals surface area contributed by atoms with Crippen molar-refractivity contribution in [1.82, 2.24) is 0 Å². The number of rotatable bonds is 5. The Bertz CT molecular complexity index is 564. The fourth-order valence-corrected chi connectivity index (χ4v) is 3.01. The molecular formula is C17H19BrFN. The maximum absolute atomic E-state index is 14.0. The smallest absolute Gasteiger partial charge is 0.126 e. The predicted octanol–water partition coefficient (Wildman–Crippen LogP) is 4.44. The topological polar surface area (TPSA) is 26.0 Å². The number of hydrogen-bond acceptors (Lipinski definition) is 1. The minimum atomic E-state index is -0.219. The zero-order valence-electron chi connectivity index (χ0n) is 11.6. The molecule has 1 atom stereocenters.